The summed E-state index contributed by atoms with van der Waals surface area (Å²) >= 11 is 0. The second-order valence-corrected chi connectivity index (χ2v) is 15.7. The highest BCUT2D eigenvalue weighted by Gasteiger charge is 1.98. The number of hydrogen-bond donors (Lipinski definition) is 4. The third-order valence-corrected chi connectivity index (χ3v) is 10.2. The molecule has 0 heterocycles. The van der Waals surface area contributed by atoms with Gasteiger partial charge in [-0.15, -0.1) is 0 Å². The van der Waals surface area contributed by atoms with Crippen LogP contribution in [0, 0.1) is 0 Å². The zero-order valence-electron chi connectivity index (χ0n) is 35.8. The van der Waals surface area contributed by atoms with E-state index in [9.17, 15) is 9.59 Å². The Balaban J connectivity index is -0.000000836. The van der Waals surface area contributed by atoms with E-state index >= 15 is 0 Å². The minimum Gasteiger partial charge on any atom is -0.370 e. The Kier molecular flexibility index (Phi) is 57.5. The summed E-state index contributed by atoms with van der Waals surface area (Å²) < 4.78 is 0. The van der Waals surface area contributed by atoms with Crippen molar-refractivity contribution in [3.05, 3.63) is 0 Å². The van der Waals surface area contributed by atoms with E-state index in [2.05, 4.69) is 13.8 Å². The first-order chi connectivity index (χ1) is 25.5. The van der Waals surface area contributed by atoms with Gasteiger partial charge in [-0.05, 0) is 12.8 Å². The molecule has 0 aromatic heterocycles. The topological polar surface area (TPSA) is 138 Å². The standard InChI is InChI=1S/2C22H45NO.C2H8N2/c2*1-2-3-4-5-6-7-8-9-10-11-12-13-14-15-16-17-18-19-20-21-22(23)24;3-1-2-4/h2*2-21H2,1H3,(H2,23,24);1-4H2. The van der Waals surface area contributed by atoms with E-state index in [-0.39, 0.29) is 11.8 Å². The lowest BCUT2D eigenvalue weighted by Crippen LogP contribution is -2.11. The molecule has 0 radical (unpaired) electrons. The molecular formula is C46H98N4O2. The van der Waals surface area contributed by atoms with Crippen LogP contribution >= 0.6 is 0 Å². The van der Waals surface area contributed by atoms with Crippen molar-refractivity contribution in [1.29, 1.82) is 0 Å². The molecule has 52 heavy (non-hydrogen) atoms. The molecule has 0 rings (SSSR count). The van der Waals surface area contributed by atoms with Gasteiger partial charge in [0.05, 0.1) is 0 Å². The Labute approximate surface area is 327 Å². The van der Waals surface area contributed by atoms with Crippen molar-refractivity contribution in [3.63, 3.8) is 0 Å². The minimum atomic E-state index is -0.151. The molecule has 8 N–H and O–H groups in total. The molecule has 6 nitrogen and oxygen atoms in total. The van der Waals surface area contributed by atoms with Gasteiger partial charge in [0, 0.05) is 25.9 Å². The second kappa shape index (κ2) is 54.2. The van der Waals surface area contributed by atoms with Crippen LogP contribution in [0.3, 0.4) is 0 Å². The Hall–Kier alpha value is -1.14. The van der Waals surface area contributed by atoms with Crippen molar-refractivity contribution >= 4 is 11.8 Å². The number of carbonyl (C=O) groups excluding carboxylic acids is 2. The van der Waals surface area contributed by atoms with Crippen LogP contribution in [0.15, 0.2) is 0 Å². The molecule has 0 atom stereocenters. The van der Waals surface area contributed by atoms with Gasteiger partial charge >= 0.3 is 0 Å². The van der Waals surface area contributed by atoms with Crippen molar-refractivity contribution in [2.75, 3.05) is 13.1 Å². The highest BCUT2D eigenvalue weighted by atomic mass is 16.1. The lowest BCUT2D eigenvalue weighted by molar-refractivity contribution is -0.119. The molecular weight excluding hydrogens is 641 g/mol. The Bertz CT molecular complexity index is 592. The summed E-state index contributed by atoms with van der Waals surface area (Å²) in [6, 6.07) is 0. The first-order valence-corrected chi connectivity index (χ1v) is 23.4. The highest BCUT2D eigenvalue weighted by Crippen LogP contribution is 2.16. The molecule has 0 spiro atoms. The zero-order chi connectivity index (χ0) is 38.9. The summed E-state index contributed by atoms with van der Waals surface area (Å²) in [5, 5.41) is 0. The van der Waals surface area contributed by atoms with Crippen molar-refractivity contribution in [1.82, 2.24) is 0 Å². The molecule has 0 aliphatic carbocycles. The van der Waals surface area contributed by atoms with Gasteiger partial charge in [-0.1, -0.05) is 245 Å². The number of carbonyl (C=O) groups is 2. The molecule has 0 unspecified atom stereocenters. The molecule has 0 fully saturated rings. The van der Waals surface area contributed by atoms with Crippen LogP contribution < -0.4 is 22.9 Å². The van der Waals surface area contributed by atoms with E-state index < -0.39 is 0 Å². The summed E-state index contributed by atoms with van der Waals surface area (Å²) in [7, 11) is 0. The van der Waals surface area contributed by atoms with Gasteiger partial charge in [0.2, 0.25) is 11.8 Å². The zero-order valence-corrected chi connectivity index (χ0v) is 35.8. The largest absolute Gasteiger partial charge is 0.370 e. The molecule has 0 aromatic rings. The number of primary amides is 2. The number of rotatable bonds is 41. The Morgan fingerprint density at radius 1 is 0.269 bits per heavy atom. The first kappa shape index (κ1) is 55.2. The van der Waals surface area contributed by atoms with Gasteiger partial charge in [0.15, 0.2) is 0 Å². The van der Waals surface area contributed by atoms with Gasteiger partial charge in [0.25, 0.3) is 0 Å². The fourth-order valence-corrected chi connectivity index (χ4v) is 6.76. The molecule has 0 bridgehead atoms. The molecule has 0 aromatic carbocycles. The average molecular weight is 739 g/mol. The van der Waals surface area contributed by atoms with Gasteiger partial charge in [-0.3, -0.25) is 9.59 Å². The molecule has 0 aliphatic heterocycles. The van der Waals surface area contributed by atoms with Crippen LogP contribution in [0.25, 0.3) is 0 Å². The van der Waals surface area contributed by atoms with Gasteiger partial charge in [0.1, 0.15) is 0 Å². The van der Waals surface area contributed by atoms with Crippen LogP contribution in [-0.4, -0.2) is 24.9 Å². The summed E-state index contributed by atoms with van der Waals surface area (Å²) in [5.74, 6) is -0.302. The predicted molar refractivity (Wildman–Crippen MR) is 233 cm³/mol. The maximum atomic E-state index is 10.6. The summed E-state index contributed by atoms with van der Waals surface area (Å²) in [4.78, 5) is 21.2. The Morgan fingerprint density at radius 3 is 0.519 bits per heavy atom. The second-order valence-electron chi connectivity index (χ2n) is 15.7. The third kappa shape index (κ3) is 63.9. The van der Waals surface area contributed by atoms with E-state index in [1.807, 2.05) is 0 Å². The molecule has 2 amide bonds. The van der Waals surface area contributed by atoms with Crippen LogP contribution in [0.5, 0.6) is 0 Å². The Morgan fingerprint density at radius 2 is 0.404 bits per heavy atom. The normalized spacial score (nSPS) is 10.8. The van der Waals surface area contributed by atoms with Crippen molar-refractivity contribution in [2.45, 2.75) is 271 Å². The van der Waals surface area contributed by atoms with E-state index in [4.69, 9.17) is 22.9 Å². The van der Waals surface area contributed by atoms with E-state index in [0.29, 0.717) is 25.9 Å². The quantitative estimate of drug-likeness (QED) is 0.0464. The first-order valence-electron chi connectivity index (χ1n) is 23.4. The lowest BCUT2D eigenvalue weighted by Gasteiger charge is -2.03. The number of hydrogen-bond acceptors (Lipinski definition) is 4. The van der Waals surface area contributed by atoms with Crippen molar-refractivity contribution in [2.24, 2.45) is 22.9 Å². The van der Waals surface area contributed by atoms with Crippen molar-refractivity contribution in [3.8, 4) is 0 Å². The molecule has 6 heteroatoms. The smallest absolute Gasteiger partial charge is 0.217 e. The van der Waals surface area contributed by atoms with Crippen LogP contribution in [0.1, 0.15) is 271 Å². The van der Waals surface area contributed by atoms with E-state index in [1.165, 1.54) is 231 Å². The number of nitrogens with two attached hydrogens (primary N) is 4. The SMILES string of the molecule is CCCCCCCCCCCCCCCCCCCCCC(N)=O.CCCCCCCCCCCCCCCCCCCCCC(N)=O.NCCN. The fourth-order valence-electron chi connectivity index (χ4n) is 6.76. The van der Waals surface area contributed by atoms with Crippen LogP contribution in [0.2, 0.25) is 0 Å². The van der Waals surface area contributed by atoms with Gasteiger partial charge < -0.3 is 22.9 Å². The summed E-state index contributed by atoms with van der Waals surface area (Å²) in [5.41, 5.74) is 20.1. The predicted octanol–water partition coefficient (Wildman–Crippen LogP) is 13.5. The maximum absolute atomic E-state index is 10.6. The summed E-state index contributed by atoms with van der Waals surface area (Å²) in [6.45, 7) is 5.77. The van der Waals surface area contributed by atoms with Gasteiger partial charge in [-0.2, -0.15) is 0 Å². The number of amides is 2. The number of unbranched alkanes of at least 4 members (excludes halogenated alkanes) is 36. The highest BCUT2D eigenvalue weighted by molar-refractivity contribution is 5.73. The van der Waals surface area contributed by atoms with Crippen molar-refractivity contribution < 1.29 is 9.59 Å². The fraction of sp³-hybridized carbons (Fsp3) is 0.957. The molecule has 0 saturated heterocycles. The molecule has 0 aliphatic rings. The average Bonchev–Trinajstić information content (AvgIpc) is 3.13. The molecule has 314 valence electrons. The monoisotopic (exact) mass is 739 g/mol. The van der Waals surface area contributed by atoms with E-state index in [1.54, 1.807) is 0 Å². The third-order valence-electron chi connectivity index (χ3n) is 10.2. The van der Waals surface area contributed by atoms with E-state index in [0.717, 1.165) is 12.8 Å². The van der Waals surface area contributed by atoms with Gasteiger partial charge in [-0.25, -0.2) is 0 Å². The summed E-state index contributed by atoms with van der Waals surface area (Å²) in [6.07, 6.45) is 53.6. The maximum Gasteiger partial charge on any atom is 0.217 e. The van der Waals surface area contributed by atoms with Crippen LogP contribution in [-0.2, 0) is 9.59 Å². The minimum absolute atomic E-state index is 0.151. The van der Waals surface area contributed by atoms with Crippen LogP contribution in [0.4, 0.5) is 0 Å². The lowest BCUT2D eigenvalue weighted by atomic mass is 10.0. The molecule has 0 saturated carbocycles.